The van der Waals surface area contributed by atoms with Crippen molar-refractivity contribution in [1.82, 2.24) is 0 Å². The van der Waals surface area contributed by atoms with Crippen molar-refractivity contribution in [1.29, 1.82) is 0 Å². The van der Waals surface area contributed by atoms with E-state index in [1.807, 2.05) is 37.3 Å². The van der Waals surface area contributed by atoms with E-state index >= 15 is 0 Å². The van der Waals surface area contributed by atoms with Gasteiger partial charge in [0.25, 0.3) is 11.8 Å². The molecule has 0 spiro atoms. The van der Waals surface area contributed by atoms with Gasteiger partial charge in [-0.1, -0.05) is 30.3 Å². The highest BCUT2D eigenvalue weighted by atomic mass is 16.5. The SMILES string of the molecule is CCOc1ccc(C2=C(N(C)c3ccccc3)C(=O)N(c3ccc(NC(C)=O)cc3)C2=O)cc1. The number of likely N-dealkylation sites (N-methyl/N-ethyl adjacent to an activating group) is 1. The third kappa shape index (κ3) is 4.41. The highest BCUT2D eigenvalue weighted by Gasteiger charge is 2.42. The van der Waals surface area contributed by atoms with Crippen molar-refractivity contribution in [2.75, 3.05) is 28.8 Å². The lowest BCUT2D eigenvalue weighted by molar-refractivity contribution is -0.120. The summed E-state index contributed by atoms with van der Waals surface area (Å²) >= 11 is 0. The molecule has 1 heterocycles. The summed E-state index contributed by atoms with van der Waals surface area (Å²) in [6, 6.07) is 23.2. The second-order valence-corrected chi connectivity index (χ2v) is 7.75. The van der Waals surface area contributed by atoms with Gasteiger partial charge in [-0.15, -0.1) is 0 Å². The van der Waals surface area contributed by atoms with E-state index in [0.717, 1.165) is 10.6 Å². The standard InChI is InChI=1S/C27H25N3O4/c1-4-34-23-16-10-19(11-17-23)24-25(29(3)21-8-6-5-7-9-21)27(33)30(26(24)32)22-14-12-20(13-15-22)28-18(2)31/h5-17H,4H2,1-3H3,(H,28,31). The molecule has 3 amide bonds. The number of hydrogen-bond donors (Lipinski definition) is 1. The molecule has 34 heavy (non-hydrogen) atoms. The normalized spacial score (nSPS) is 13.3. The lowest BCUT2D eigenvalue weighted by Gasteiger charge is -2.21. The molecule has 0 aliphatic carbocycles. The number of carbonyl (C=O) groups is 3. The molecule has 3 aromatic rings. The molecule has 1 aliphatic heterocycles. The Kier molecular flexibility index (Phi) is 6.45. The zero-order valence-corrected chi connectivity index (χ0v) is 19.2. The number of anilines is 3. The van der Waals surface area contributed by atoms with Crippen molar-refractivity contribution in [2.45, 2.75) is 13.8 Å². The Morgan fingerprint density at radius 3 is 2.15 bits per heavy atom. The highest BCUT2D eigenvalue weighted by molar-refractivity contribution is 6.46. The van der Waals surface area contributed by atoms with E-state index in [1.54, 1.807) is 60.5 Å². The van der Waals surface area contributed by atoms with Gasteiger partial charge in [-0.05, 0) is 61.0 Å². The van der Waals surface area contributed by atoms with Gasteiger partial charge in [-0.3, -0.25) is 14.4 Å². The van der Waals surface area contributed by atoms with E-state index in [9.17, 15) is 14.4 Å². The number of carbonyl (C=O) groups excluding carboxylic acids is 3. The summed E-state index contributed by atoms with van der Waals surface area (Å²) in [6.07, 6.45) is 0. The molecule has 7 heteroatoms. The number of amides is 3. The maximum absolute atomic E-state index is 13.7. The lowest BCUT2D eigenvalue weighted by Crippen LogP contribution is -2.34. The Morgan fingerprint density at radius 1 is 0.912 bits per heavy atom. The minimum absolute atomic E-state index is 0.202. The number of rotatable bonds is 7. The molecule has 3 aromatic carbocycles. The van der Waals surface area contributed by atoms with Crippen molar-refractivity contribution in [3.05, 3.63) is 90.1 Å². The molecule has 0 atom stereocenters. The average Bonchev–Trinajstić information content (AvgIpc) is 3.10. The van der Waals surface area contributed by atoms with Gasteiger partial charge in [0.2, 0.25) is 5.91 Å². The largest absolute Gasteiger partial charge is 0.494 e. The molecule has 172 valence electrons. The van der Waals surface area contributed by atoms with Crippen molar-refractivity contribution in [3.8, 4) is 5.75 Å². The van der Waals surface area contributed by atoms with Crippen LogP contribution in [0.5, 0.6) is 5.75 Å². The molecule has 0 saturated heterocycles. The molecule has 7 nitrogen and oxygen atoms in total. The molecule has 0 radical (unpaired) electrons. The monoisotopic (exact) mass is 455 g/mol. The number of imide groups is 1. The minimum Gasteiger partial charge on any atom is -0.494 e. The summed E-state index contributed by atoms with van der Waals surface area (Å²) in [7, 11) is 1.77. The van der Waals surface area contributed by atoms with Crippen LogP contribution in [-0.2, 0) is 14.4 Å². The van der Waals surface area contributed by atoms with Crippen molar-refractivity contribution in [3.63, 3.8) is 0 Å². The number of hydrogen-bond acceptors (Lipinski definition) is 5. The second-order valence-electron chi connectivity index (χ2n) is 7.75. The molecule has 1 N–H and O–H groups in total. The third-order valence-corrected chi connectivity index (χ3v) is 5.44. The van der Waals surface area contributed by atoms with Gasteiger partial charge in [0.1, 0.15) is 11.4 Å². The van der Waals surface area contributed by atoms with Crippen LogP contribution >= 0.6 is 0 Å². The Morgan fingerprint density at radius 2 is 1.56 bits per heavy atom. The minimum atomic E-state index is -0.424. The van der Waals surface area contributed by atoms with Crippen LogP contribution in [0.1, 0.15) is 19.4 Å². The fraction of sp³-hybridized carbons (Fsp3) is 0.148. The molecule has 4 rings (SSSR count). The quantitative estimate of drug-likeness (QED) is 0.532. The first-order chi connectivity index (χ1) is 16.4. The van der Waals surface area contributed by atoms with Gasteiger partial charge < -0.3 is 15.0 Å². The van der Waals surface area contributed by atoms with Gasteiger partial charge in [-0.2, -0.15) is 0 Å². The lowest BCUT2D eigenvalue weighted by atomic mass is 10.0. The number of nitrogens with zero attached hydrogens (tertiary/aromatic N) is 2. The van der Waals surface area contributed by atoms with Gasteiger partial charge >= 0.3 is 0 Å². The second kappa shape index (κ2) is 9.62. The van der Waals surface area contributed by atoms with Crippen LogP contribution in [0.25, 0.3) is 5.57 Å². The smallest absolute Gasteiger partial charge is 0.282 e. The van der Waals surface area contributed by atoms with Crippen LogP contribution in [0.15, 0.2) is 84.6 Å². The van der Waals surface area contributed by atoms with Crippen LogP contribution in [-0.4, -0.2) is 31.4 Å². The molecule has 0 aromatic heterocycles. The van der Waals surface area contributed by atoms with Crippen LogP contribution in [0.2, 0.25) is 0 Å². The Labute approximate surface area is 198 Å². The highest BCUT2D eigenvalue weighted by Crippen LogP contribution is 2.36. The molecular weight excluding hydrogens is 430 g/mol. The predicted molar refractivity (Wildman–Crippen MR) is 133 cm³/mol. The first-order valence-electron chi connectivity index (χ1n) is 10.9. The third-order valence-electron chi connectivity index (χ3n) is 5.44. The summed E-state index contributed by atoms with van der Waals surface area (Å²) in [6.45, 7) is 3.85. The first-order valence-corrected chi connectivity index (χ1v) is 10.9. The maximum Gasteiger partial charge on any atom is 0.282 e. The summed E-state index contributed by atoms with van der Waals surface area (Å²) in [5.41, 5.74) is 3.00. The summed E-state index contributed by atoms with van der Waals surface area (Å²) < 4.78 is 5.53. The van der Waals surface area contributed by atoms with Crippen molar-refractivity contribution < 1.29 is 19.1 Å². The number of nitrogens with one attached hydrogen (secondary N) is 1. The zero-order chi connectivity index (χ0) is 24.2. The van der Waals surface area contributed by atoms with Crippen LogP contribution < -0.4 is 19.9 Å². The Bertz CT molecular complexity index is 1250. The topological polar surface area (TPSA) is 79.0 Å². The number of para-hydroxylation sites is 1. The number of ether oxygens (including phenoxy) is 1. The van der Waals surface area contributed by atoms with E-state index in [4.69, 9.17) is 4.74 Å². The fourth-order valence-electron chi connectivity index (χ4n) is 3.89. The molecular formula is C27H25N3O4. The Balaban J connectivity index is 1.77. The summed E-state index contributed by atoms with van der Waals surface area (Å²) in [5, 5.41) is 2.69. The van der Waals surface area contributed by atoms with E-state index in [1.165, 1.54) is 6.92 Å². The first kappa shape index (κ1) is 22.8. The van der Waals surface area contributed by atoms with E-state index in [2.05, 4.69) is 5.32 Å². The fourth-order valence-corrected chi connectivity index (χ4v) is 3.89. The van der Waals surface area contributed by atoms with Crippen molar-refractivity contribution >= 4 is 40.4 Å². The molecule has 1 aliphatic rings. The predicted octanol–water partition coefficient (Wildman–Crippen LogP) is 4.46. The van der Waals surface area contributed by atoms with Gasteiger partial charge in [-0.25, -0.2) is 4.90 Å². The van der Waals surface area contributed by atoms with Crippen LogP contribution in [0, 0.1) is 0 Å². The maximum atomic E-state index is 13.7. The van der Waals surface area contributed by atoms with Gasteiger partial charge in [0.05, 0.1) is 17.9 Å². The van der Waals surface area contributed by atoms with Gasteiger partial charge in [0, 0.05) is 25.3 Å². The molecule has 0 bridgehead atoms. The van der Waals surface area contributed by atoms with Crippen molar-refractivity contribution in [2.24, 2.45) is 0 Å². The van der Waals surface area contributed by atoms with E-state index in [-0.39, 0.29) is 11.6 Å². The molecule has 0 unspecified atom stereocenters. The van der Waals surface area contributed by atoms with E-state index < -0.39 is 11.8 Å². The number of benzene rings is 3. The molecule has 0 saturated carbocycles. The van der Waals surface area contributed by atoms with Crippen LogP contribution in [0.4, 0.5) is 17.1 Å². The zero-order valence-electron chi connectivity index (χ0n) is 19.2. The molecule has 0 fully saturated rings. The average molecular weight is 456 g/mol. The Hall–Kier alpha value is -4.39. The van der Waals surface area contributed by atoms with E-state index in [0.29, 0.717) is 34.9 Å². The summed E-state index contributed by atoms with van der Waals surface area (Å²) in [5.74, 6) is -0.356. The van der Waals surface area contributed by atoms with Gasteiger partial charge in [0.15, 0.2) is 0 Å². The van der Waals surface area contributed by atoms with Crippen LogP contribution in [0.3, 0.4) is 0 Å². The summed E-state index contributed by atoms with van der Waals surface area (Å²) in [4.78, 5) is 41.5.